The van der Waals surface area contributed by atoms with E-state index < -0.39 is 29.7 Å². The molecule has 0 saturated heterocycles. The Morgan fingerprint density at radius 3 is 1.35 bits per heavy atom. The van der Waals surface area contributed by atoms with E-state index in [-0.39, 0.29) is 69.9 Å². The van der Waals surface area contributed by atoms with Gasteiger partial charge in [0, 0.05) is 42.2 Å². The number of quaternary nitrogens is 1. The molecule has 0 aromatic rings. The monoisotopic (exact) mass is 1030 g/mol. The van der Waals surface area contributed by atoms with Crippen LogP contribution in [0.2, 0.25) is 0 Å². The average molecular weight is 1030 g/mol. The number of nitrogens with zero attached hydrogens (tertiary/aromatic N) is 1. The predicted molar refractivity (Wildman–Crippen MR) is 255 cm³/mol. The number of amides is 6. The van der Waals surface area contributed by atoms with Crippen molar-refractivity contribution in [2.24, 2.45) is 4.99 Å². The fourth-order valence-electron chi connectivity index (χ4n) is 5.19. The van der Waals surface area contributed by atoms with Crippen LogP contribution in [0.1, 0.15) is 124 Å². The smallest absolute Gasteiger partial charge is 0.416 e. The lowest BCUT2D eigenvalue weighted by Crippen LogP contribution is -3.06. The van der Waals surface area contributed by atoms with Gasteiger partial charge in [-0.1, -0.05) is 104 Å². The summed E-state index contributed by atoms with van der Waals surface area (Å²) in [6.07, 6.45) is 17.7. The first-order valence-corrected chi connectivity index (χ1v) is 23.7. The van der Waals surface area contributed by atoms with Crippen LogP contribution in [0, 0.1) is 0 Å². The molecule has 4 atom stereocenters. The maximum atomic E-state index is 11.7. The number of hydrogen-bond acceptors (Lipinski definition) is 16. The van der Waals surface area contributed by atoms with Gasteiger partial charge in [0.15, 0.2) is 0 Å². The summed E-state index contributed by atoms with van der Waals surface area (Å²) in [4.78, 5) is 67.9. The van der Waals surface area contributed by atoms with Crippen molar-refractivity contribution in [1.29, 1.82) is 0 Å². The maximum Gasteiger partial charge on any atom is 0.416 e. The number of rotatable bonds is 35. The molecule has 0 rings (SSSR count). The highest BCUT2D eigenvalue weighted by Gasteiger charge is 2.16. The third kappa shape index (κ3) is 58.9. The minimum Gasteiger partial charge on any atom is -1.00 e. The van der Waals surface area contributed by atoms with Gasteiger partial charge in [-0.05, 0) is 30.9 Å². The Morgan fingerprint density at radius 2 is 1.01 bits per heavy atom. The number of aliphatic hydroxyl groups excluding tert-OH is 1. The second-order valence-corrected chi connectivity index (χ2v) is 15.6. The van der Waals surface area contributed by atoms with Crippen LogP contribution < -0.4 is 33.3 Å². The number of nitrogens with one attached hydrogen (secondary N) is 4. The molecule has 4 unspecified atom stereocenters. The molecule has 0 aromatic carbocycles. The number of aliphatic hydroxyl groups is 1. The molecular formula is C45H89Cl2N5O16. The van der Waals surface area contributed by atoms with Gasteiger partial charge in [-0.15, -0.1) is 4.99 Å². The van der Waals surface area contributed by atoms with E-state index in [2.05, 4.69) is 34.2 Å². The summed E-state index contributed by atoms with van der Waals surface area (Å²) in [5.41, 5.74) is 0. The Bertz CT molecular complexity index is 1210. The van der Waals surface area contributed by atoms with Crippen LogP contribution in [0.15, 0.2) is 4.99 Å². The number of urea groups is 1. The largest absolute Gasteiger partial charge is 1.00 e. The van der Waals surface area contributed by atoms with Gasteiger partial charge < -0.3 is 70.4 Å². The van der Waals surface area contributed by atoms with Gasteiger partial charge in [0.2, 0.25) is 6.08 Å². The third-order valence-corrected chi connectivity index (χ3v) is 9.50. The van der Waals surface area contributed by atoms with Crippen LogP contribution in [0.4, 0.5) is 24.0 Å². The van der Waals surface area contributed by atoms with E-state index in [9.17, 15) is 24.0 Å². The van der Waals surface area contributed by atoms with Crippen molar-refractivity contribution in [3.8, 4) is 0 Å². The van der Waals surface area contributed by atoms with Crippen LogP contribution in [0.3, 0.4) is 0 Å². The van der Waals surface area contributed by atoms with Crippen molar-refractivity contribution in [1.82, 2.24) is 16.0 Å². The zero-order chi connectivity index (χ0) is 51.4. The average Bonchev–Trinajstić information content (AvgIpc) is 3.30. The standard InChI is InChI=1S/C26H53N3O5.C12H23NO7.C5H12O2.C2ClNO2.ClH/c1-5-6-7-8-9-10-11-12-13-14-15-16-17-18-21-33-22-24(32-4)23-34-26(31)28-25(30)27-19-20-29(2)3;1-5-9(17-3)7-19-11(14)13-12(15)20-8-10(18-4)6-16-2;1-3-5(4-6)7-2;3-2(6)4-1-5;/h24H,5-23H2,1-4H3,(H2,27,28,30,31);9-10H,5-8H2,1-4H3,(H,13,14,15);5-6H,3-4H2,1-2H3;;1H. The van der Waals surface area contributed by atoms with Gasteiger partial charge >= 0.3 is 29.7 Å². The second kappa shape index (κ2) is 58.1. The number of carbonyl (C=O) groups is 5. The number of aliphatic imine (C=N–C) groups is 1. The van der Waals surface area contributed by atoms with Crippen molar-refractivity contribution in [2.75, 3.05) is 109 Å². The van der Waals surface area contributed by atoms with Gasteiger partial charge in [-0.3, -0.25) is 4.79 Å². The molecule has 6 amide bonds. The molecule has 0 aliphatic heterocycles. The van der Waals surface area contributed by atoms with Crippen molar-refractivity contribution < 1.29 is 93.8 Å². The lowest BCUT2D eigenvalue weighted by molar-refractivity contribution is -0.856. The Kier molecular flexibility index (Phi) is 63.0. The van der Waals surface area contributed by atoms with E-state index in [0.29, 0.717) is 26.2 Å². The van der Waals surface area contributed by atoms with Gasteiger partial charge in [0.05, 0.1) is 59.2 Å². The summed E-state index contributed by atoms with van der Waals surface area (Å²) in [5.74, 6) is 0. The van der Waals surface area contributed by atoms with E-state index in [4.69, 9.17) is 52.5 Å². The molecule has 0 heterocycles. The first kappa shape index (κ1) is 73.7. The highest BCUT2D eigenvalue weighted by atomic mass is 35.5. The summed E-state index contributed by atoms with van der Waals surface area (Å²) in [6.45, 7) is 8.92. The number of ether oxygens (including phenoxy) is 9. The number of methoxy groups -OCH3 is 5. The van der Waals surface area contributed by atoms with E-state index in [1.54, 1.807) is 14.2 Å². The molecule has 0 aliphatic carbocycles. The van der Waals surface area contributed by atoms with E-state index in [0.717, 1.165) is 25.5 Å². The lowest BCUT2D eigenvalue weighted by Gasteiger charge is -2.16. The molecule has 0 radical (unpaired) electrons. The van der Waals surface area contributed by atoms with Crippen molar-refractivity contribution in [3.05, 3.63) is 0 Å². The number of alkyl carbamates (subject to hydrolysis) is 3. The minimum absolute atomic E-state index is 0. The molecule has 5 N–H and O–H groups in total. The van der Waals surface area contributed by atoms with Crippen LogP contribution in [0.5, 0.6) is 0 Å². The molecular weight excluding hydrogens is 937 g/mol. The SMILES string of the molecule is CCC(CO)OC.CCC(COC(=O)NC(=O)OCC(COC)OC)OC.CCCCCCCCCCCCCCCCOCC(COC(=O)NC(=O)NCC[NH+](C)C)OC.O=C=NC(=O)Cl.[Cl-]. The Morgan fingerprint density at radius 1 is 0.603 bits per heavy atom. The van der Waals surface area contributed by atoms with Crippen molar-refractivity contribution in [2.45, 2.75) is 148 Å². The molecule has 0 fully saturated rings. The molecule has 0 saturated carbocycles. The number of hydrogen-bond donors (Lipinski definition) is 5. The summed E-state index contributed by atoms with van der Waals surface area (Å²) in [7, 11) is 11.6. The highest BCUT2D eigenvalue weighted by Crippen LogP contribution is 2.13. The van der Waals surface area contributed by atoms with Crippen LogP contribution in [-0.4, -0.2) is 174 Å². The molecule has 0 aliphatic rings. The van der Waals surface area contributed by atoms with E-state index in [1.807, 2.05) is 33.3 Å². The van der Waals surface area contributed by atoms with Crippen LogP contribution in [-0.2, 0) is 47.4 Å². The first-order valence-electron chi connectivity index (χ1n) is 23.4. The topological polar surface area (TPSA) is 259 Å². The summed E-state index contributed by atoms with van der Waals surface area (Å²) in [5, 5.41) is 14.0. The number of halogens is 2. The molecule has 0 spiro atoms. The summed E-state index contributed by atoms with van der Waals surface area (Å²) in [6, 6.07) is -0.561. The van der Waals surface area contributed by atoms with Gasteiger partial charge in [-0.2, -0.15) is 0 Å². The number of likely N-dealkylation sites (N-methyl/N-ethyl adjacent to an activating group) is 1. The number of isocyanates is 1. The van der Waals surface area contributed by atoms with Gasteiger partial charge in [0.1, 0.15) is 32.0 Å². The molecule has 404 valence electrons. The first-order chi connectivity index (χ1) is 32.2. The van der Waals surface area contributed by atoms with E-state index in [1.165, 1.54) is 110 Å². The Balaban J connectivity index is -0.000000325. The van der Waals surface area contributed by atoms with Gasteiger partial charge in [-0.25, -0.2) is 34.6 Å². The zero-order valence-electron chi connectivity index (χ0n) is 42.8. The van der Waals surface area contributed by atoms with Crippen LogP contribution >= 0.6 is 11.6 Å². The van der Waals surface area contributed by atoms with Crippen molar-refractivity contribution in [3.63, 3.8) is 0 Å². The molecule has 0 bridgehead atoms. The number of imide groups is 2. The number of carbonyl (C=O) groups excluding carboxylic acids is 6. The Hall–Kier alpha value is -3.21. The molecule has 0 aromatic heterocycles. The van der Waals surface area contributed by atoms with Gasteiger partial charge in [0.25, 0.3) is 0 Å². The predicted octanol–water partition coefficient (Wildman–Crippen LogP) is 3.10. The zero-order valence-corrected chi connectivity index (χ0v) is 44.3. The third-order valence-electron chi connectivity index (χ3n) is 9.41. The second-order valence-electron chi connectivity index (χ2n) is 15.3. The summed E-state index contributed by atoms with van der Waals surface area (Å²) < 4.78 is 45.3. The summed E-state index contributed by atoms with van der Waals surface area (Å²) >= 11 is 4.51. The Labute approximate surface area is 417 Å². The van der Waals surface area contributed by atoms with Crippen LogP contribution in [0.25, 0.3) is 0 Å². The fourth-order valence-corrected chi connectivity index (χ4v) is 5.22. The quantitative estimate of drug-likeness (QED) is 0.0153. The minimum atomic E-state index is -1.04. The van der Waals surface area contributed by atoms with E-state index >= 15 is 0 Å². The fraction of sp³-hybridized carbons (Fsp3) is 0.867. The number of unbranched alkanes of at least 4 members (excludes halogenated alkanes) is 13. The molecule has 23 heteroatoms. The maximum absolute atomic E-state index is 11.7. The molecule has 68 heavy (non-hydrogen) atoms. The highest BCUT2D eigenvalue weighted by molar-refractivity contribution is 6.63. The lowest BCUT2D eigenvalue weighted by atomic mass is 10.0. The van der Waals surface area contributed by atoms with Crippen molar-refractivity contribution >= 4 is 47.4 Å². The molecule has 21 nitrogen and oxygen atoms in total. The normalized spacial score (nSPS) is 12.0.